The molecule has 42 valence electrons. The monoisotopic (exact) mass is 116 g/mol. The van der Waals surface area contributed by atoms with Crippen LogP contribution in [-0.4, -0.2) is 6.21 Å². The molecular formula is C8H6N+. The first-order chi connectivity index (χ1) is 4.47. The lowest BCUT2D eigenvalue weighted by atomic mass is 10.2. The van der Waals surface area contributed by atoms with Crippen molar-refractivity contribution in [3.8, 4) is 0 Å². The summed E-state index contributed by atoms with van der Waals surface area (Å²) < 4.78 is 0. The molecule has 0 aliphatic carbocycles. The third kappa shape index (κ3) is 0.628. The van der Waals surface area contributed by atoms with Gasteiger partial charge in [-0.25, -0.2) is 0 Å². The number of fused-ring (bicyclic) bond motifs is 1. The second-order valence-electron chi connectivity index (χ2n) is 2.08. The Morgan fingerprint density at radius 2 is 2.22 bits per heavy atom. The van der Waals surface area contributed by atoms with Gasteiger partial charge in [-0.3, -0.25) is 0 Å². The molecule has 0 spiro atoms. The van der Waals surface area contributed by atoms with Crippen LogP contribution >= 0.6 is 0 Å². The molecule has 0 saturated heterocycles. The van der Waals surface area contributed by atoms with E-state index in [4.69, 9.17) is 0 Å². The van der Waals surface area contributed by atoms with E-state index in [1.165, 1.54) is 5.56 Å². The summed E-state index contributed by atoms with van der Waals surface area (Å²) in [6.07, 6.45) is 3.80. The van der Waals surface area contributed by atoms with Crippen LogP contribution in [0.2, 0.25) is 0 Å². The van der Waals surface area contributed by atoms with Gasteiger partial charge in [0.2, 0.25) is 5.69 Å². The lowest BCUT2D eigenvalue weighted by Gasteiger charge is -1.81. The van der Waals surface area contributed by atoms with Gasteiger partial charge in [-0.05, 0) is 17.1 Å². The molecule has 0 unspecified atom stereocenters. The maximum Gasteiger partial charge on any atom is 0.217 e. The summed E-state index contributed by atoms with van der Waals surface area (Å²) in [5, 5.41) is 0. The van der Waals surface area contributed by atoms with Crippen molar-refractivity contribution in [1.29, 1.82) is 0 Å². The number of para-hydroxylation sites is 1. The number of hydrogen-bond acceptors (Lipinski definition) is 1. The predicted molar refractivity (Wildman–Crippen MR) is 37.2 cm³/mol. The SMILES string of the molecule is [C+]1=Nc2ccccc2C1. The Morgan fingerprint density at radius 1 is 1.33 bits per heavy atom. The molecule has 1 aromatic carbocycles. The number of benzene rings is 1. The highest BCUT2D eigenvalue weighted by Gasteiger charge is 2.15. The van der Waals surface area contributed by atoms with Crippen LogP contribution < -0.4 is 0 Å². The third-order valence-corrected chi connectivity index (χ3v) is 1.46. The van der Waals surface area contributed by atoms with Gasteiger partial charge in [-0.1, -0.05) is 6.07 Å². The van der Waals surface area contributed by atoms with E-state index in [1.807, 2.05) is 18.2 Å². The van der Waals surface area contributed by atoms with Crippen molar-refractivity contribution in [1.82, 2.24) is 0 Å². The maximum atomic E-state index is 4.05. The van der Waals surface area contributed by atoms with E-state index < -0.39 is 0 Å². The Kier molecular flexibility index (Phi) is 0.850. The Balaban J connectivity index is 2.63. The molecule has 0 amide bonds. The molecule has 0 radical (unpaired) electrons. The zero-order valence-corrected chi connectivity index (χ0v) is 4.96. The van der Waals surface area contributed by atoms with Crippen LogP contribution in [0.15, 0.2) is 29.3 Å². The van der Waals surface area contributed by atoms with Crippen LogP contribution in [0.4, 0.5) is 5.69 Å². The van der Waals surface area contributed by atoms with E-state index in [9.17, 15) is 0 Å². The number of nitrogens with zero attached hydrogens (tertiary/aromatic N) is 1. The molecule has 0 bridgehead atoms. The van der Waals surface area contributed by atoms with Crippen molar-refractivity contribution in [3.63, 3.8) is 0 Å². The number of aliphatic imine (C=N–C) groups is 1. The van der Waals surface area contributed by atoms with Gasteiger partial charge in [0.1, 0.15) is 0 Å². The van der Waals surface area contributed by atoms with E-state index in [0.717, 1.165) is 12.1 Å². The average Bonchev–Trinajstić information content (AvgIpc) is 2.33. The summed E-state index contributed by atoms with van der Waals surface area (Å²) in [5.74, 6) is 0. The molecule has 2 rings (SSSR count). The second kappa shape index (κ2) is 1.64. The smallest absolute Gasteiger partial charge is 0.0581 e. The first-order valence-corrected chi connectivity index (χ1v) is 2.98. The van der Waals surface area contributed by atoms with Crippen molar-refractivity contribution in [2.75, 3.05) is 0 Å². The van der Waals surface area contributed by atoms with E-state index in [-0.39, 0.29) is 0 Å². The molecule has 0 N–H and O–H groups in total. The Bertz CT molecular complexity index is 250. The van der Waals surface area contributed by atoms with E-state index in [1.54, 1.807) is 0 Å². The summed E-state index contributed by atoms with van der Waals surface area (Å²) in [6.45, 7) is 0. The first kappa shape index (κ1) is 4.66. The fourth-order valence-corrected chi connectivity index (χ4v) is 0.979. The Hall–Kier alpha value is -1.20. The molecular weight excluding hydrogens is 110 g/mol. The highest BCUT2D eigenvalue weighted by molar-refractivity contribution is 5.75. The lowest BCUT2D eigenvalue weighted by Crippen LogP contribution is -1.75. The van der Waals surface area contributed by atoms with Crippen molar-refractivity contribution >= 4 is 11.9 Å². The molecule has 0 fully saturated rings. The predicted octanol–water partition coefficient (Wildman–Crippen LogP) is 1.82. The second-order valence-corrected chi connectivity index (χ2v) is 2.08. The molecule has 0 aromatic heterocycles. The van der Waals surface area contributed by atoms with Gasteiger partial charge in [0, 0.05) is 0 Å². The van der Waals surface area contributed by atoms with Gasteiger partial charge in [-0.2, -0.15) is 0 Å². The summed E-state index contributed by atoms with van der Waals surface area (Å²) in [6, 6.07) is 8.12. The van der Waals surface area contributed by atoms with Gasteiger partial charge in [0.25, 0.3) is 0 Å². The highest BCUT2D eigenvalue weighted by Crippen LogP contribution is 2.22. The molecule has 1 heterocycles. The fourth-order valence-electron chi connectivity index (χ4n) is 0.979. The van der Waals surface area contributed by atoms with Crippen LogP contribution in [0.3, 0.4) is 0 Å². The van der Waals surface area contributed by atoms with E-state index >= 15 is 0 Å². The number of hydrogen-bond donors (Lipinski definition) is 0. The quantitative estimate of drug-likeness (QED) is 0.458. The van der Waals surface area contributed by atoms with E-state index in [0.29, 0.717) is 0 Å². The van der Waals surface area contributed by atoms with Gasteiger partial charge in [0.15, 0.2) is 12.6 Å². The topological polar surface area (TPSA) is 12.4 Å². The molecule has 1 aliphatic heterocycles. The Labute approximate surface area is 54.1 Å². The van der Waals surface area contributed by atoms with Crippen molar-refractivity contribution in [3.05, 3.63) is 29.8 Å². The molecule has 0 saturated carbocycles. The molecule has 1 aliphatic rings. The minimum Gasteiger partial charge on any atom is -0.0581 e. The van der Waals surface area contributed by atoms with Crippen LogP contribution in [0.25, 0.3) is 0 Å². The first-order valence-electron chi connectivity index (χ1n) is 2.98. The van der Waals surface area contributed by atoms with Gasteiger partial charge in [0.05, 0.1) is 11.6 Å². The Morgan fingerprint density at radius 3 is 3.11 bits per heavy atom. The summed E-state index contributed by atoms with van der Waals surface area (Å²) >= 11 is 0. The molecule has 1 nitrogen and oxygen atoms in total. The van der Waals surface area contributed by atoms with Crippen LogP contribution in [0.5, 0.6) is 0 Å². The summed E-state index contributed by atoms with van der Waals surface area (Å²) in [7, 11) is 0. The van der Waals surface area contributed by atoms with Crippen LogP contribution in [0.1, 0.15) is 5.56 Å². The summed E-state index contributed by atoms with van der Waals surface area (Å²) in [4.78, 5) is 4.05. The van der Waals surface area contributed by atoms with Gasteiger partial charge < -0.3 is 0 Å². The largest absolute Gasteiger partial charge is 0.217 e. The zero-order valence-electron chi connectivity index (χ0n) is 4.96. The summed E-state index contributed by atoms with van der Waals surface area (Å²) in [5.41, 5.74) is 2.37. The van der Waals surface area contributed by atoms with Gasteiger partial charge in [-0.15, -0.1) is 0 Å². The molecule has 1 heteroatoms. The van der Waals surface area contributed by atoms with Crippen LogP contribution in [0, 0.1) is 0 Å². The van der Waals surface area contributed by atoms with E-state index in [2.05, 4.69) is 17.3 Å². The molecule has 0 atom stereocenters. The lowest BCUT2D eigenvalue weighted by molar-refractivity contribution is 1.41. The molecule has 9 heavy (non-hydrogen) atoms. The third-order valence-electron chi connectivity index (χ3n) is 1.46. The minimum atomic E-state index is 0.885. The fraction of sp³-hybridized carbons (Fsp3) is 0.125. The standard InChI is InChI=1S/C8H6N/c1-2-4-8-7(3-1)5-6-9-8/h1-4H,5H2/q+1. The normalized spacial score (nSPS) is 12.9. The zero-order chi connectivity index (χ0) is 6.10. The highest BCUT2D eigenvalue weighted by atomic mass is 14.7. The van der Waals surface area contributed by atoms with Crippen molar-refractivity contribution < 1.29 is 0 Å². The number of rotatable bonds is 0. The minimum absolute atomic E-state index is 0.885. The maximum absolute atomic E-state index is 4.05. The van der Waals surface area contributed by atoms with Crippen molar-refractivity contribution in [2.45, 2.75) is 6.42 Å². The van der Waals surface area contributed by atoms with Gasteiger partial charge >= 0.3 is 0 Å². The average molecular weight is 116 g/mol. The van der Waals surface area contributed by atoms with Crippen molar-refractivity contribution in [2.24, 2.45) is 4.99 Å². The molecule has 1 aromatic rings. The van der Waals surface area contributed by atoms with Crippen LogP contribution in [-0.2, 0) is 6.42 Å².